The number of rotatable bonds is 5. The molecule has 1 N–H and O–H groups in total. The van der Waals surface area contributed by atoms with Gasteiger partial charge in [-0.15, -0.1) is 0 Å². The zero-order chi connectivity index (χ0) is 8.04. The highest BCUT2D eigenvalue weighted by molar-refractivity contribution is 5.60. The summed E-state index contributed by atoms with van der Waals surface area (Å²) in [4.78, 5) is 10.2. The fourth-order valence-electron chi connectivity index (χ4n) is 0.792. The Balaban J connectivity index is 3.37. The highest BCUT2D eigenvalue weighted by atomic mass is 16.3. The number of hydrogen-bond acceptors (Lipinski definition) is 2. The number of hydrogen-bond donors (Lipinski definition) is 1. The van der Waals surface area contributed by atoms with Crippen molar-refractivity contribution in [3.8, 4) is 0 Å². The summed E-state index contributed by atoms with van der Waals surface area (Å²) >= 11 is 0. The van der Waals surface area contributed by atoms with Crippen LogP contribution in [-0.4, -0.2) is 17.0 Å². The standard InChI is InChI=1S/C8H16O2/c1-3-4-5-6-8(2,10)7-9/h7,10H,3-6H2,1-2H3/t8-/m1/s1. The van der Waals surface area contributed by atoms with Crippen LogP contribution in [0.25, 0.3) is 0 Å². The third-order valence-electron chi connectivity index (χ3n) is 1.54. The van der Waals surface area contributed by atoms with Crippen molar-refractivity contribution in [3.05, 3.63) is 0 Å². The molecule has 0 heterocycles. The molecule has 0 saturated carbocycles. The van der Waals surface area contributed by atoms with Gasteiger partial charge in [-0.25, -0.2) is 0 Å². The fourth-order valence-corrected chi connectivity index (χ4v) is 0.792. The van der Waals surface area contributed by atoms with Gasteiger partial charge < -0.3 is 9.90 Å². The first kappa shape index (κ1) is 9.63. The van der Waals surface area contributed by atoms with Gasteiger partial charge in [0.05, 0.1) is 0 Å². The average Bonchev–Trinajstić information content (AvgIpc) is 1.89. The lowest BCUT2D eigenvalue weighted by Gasteiger charge is -2.13. The molecule has 0 amide bonds. The van der Waals surface area contributed by atoms with E-state index in [-0.39, 0.29) is 0 Å². The molecule has 0 rings (SSSR count). The van der Waals surface area contributed by atoms with Crippen molar-refractivity contribution in [2.24, 2.45) is 0 Å². The van der Waals surface area contributed by atoms with Gasteiger partial charge in [-0.1, -0.05) is 26.2 Å². The molecule has 0 aliphatic carbocycles. The minimum Gasteiger partial charge on any atom is -0.383 e. The Morgan fingerprint density at radius 2 is 2.10 bits per heavy atom. The summed E-state index contributed by atoms with van der Waals surface area (Å²) in [5.74, 6) is 0. The van der Waals surface area contributed by atoms with Crippen molar-refractivity contribution in [1.29, 1.82) is 0 Å². The fraction of sp³-hybridized carbons (Fsp3) is 0.875. The lowest BCUT2D eigenvalue weighted by atomic mass is 10.0. The summed E-state index contributed by atoms with van der Waals surface area (Å²) in [6.45, 7) is 3.64. The normalized spacial score (nSPS) is 16.3. The van der Waals surface area contributed by atoms with Crippen LogP contribution in [0.3, 0.4) is 0 Å². The lowest BCUT2D eigenvalue weighted by molar-refractivity contribution is -0.123. The van der Waals surface area contributed by atoms with E-state index in [0.717, 1.165) is 19.3 Å². The van der Waals surface area contributed by atoms with Crippen molar-refractivity contribution in [2.75, 3.05) is 0 Å². The maximum atomic E-state index is 10.2. The van der Waals surface area contributed by atoms with Gasteiger partial charge >= 0.3 is 0 Å². The highest BCUT2D eigenvalue weighted by Gasteiger charge is 2.17. The molecule has 10 heavy (non-hydrogen) atoms. The van der Waals surface area contributed by atoms with Crippen LogP contribution in [0.4, 0.5) is 0 Å². The van der Waals surface area contributed by atoms with Crippen molar-refractivity contribution in [2.45, 2.75) is 45.1 Å². The number of unbranched alkanes of at least 4 members (excludes halogenated alkanes) is 2. The third kappa shape index (κ3) is 4.50. The lowest BCUT2D eigenvalue weighted by Crippen LogP contribution is -2.25. The van der Waals surface area contributed by atoms with Crippen LogP contribution in [0.1, 0.15) is 39.5 Å². The second kappa shape index (κ2) is 4.45. The van der Waals surface area contributed by atoms with E-state index < -0.39 is 5.60 Å². The molecule has 0 bridgehead atoms. The Labute approximate surface area is 62.2 Å². The van der Waals surface area contributed by atoms with E-state index >= 15 is 0 Å². The number of carbonyl (C=O) groups excluding carboxylic acids is 1. The molecule has 0 aliphatic rings. The van der Waals surface area contributed by atoms with Crippen LogP contribution in [-0.2, 0) is 4.79 Å². The van der Waals surface area contributed by atoms with Gasteiger partial charge in [-0.2, -0.15) is 0 Å². The minimum absolute atomic E-state index is 0.588. The molecular formula is C8H16O2. The van der Waals surface area contributed by atoms with Gasteiger partial charge in [-0.3, -0.25) is 0 Å². The van der Waals surface area contributed by atoms with Crippen molar-refractivity contribution in [3.63, 3.8) is 0 Å². The quantitative estimate of drug-likeness (QED) is 0.469. The number of aliphatic hydroxyl groups is 1. The van der Waals surface area contributed by atoms with Crippen molar-refractivity contribution >= 4 is 6.29 Å². The van der Waals surface area contributed by atoms with E-state index in [9.17, 15) is 9.90 Å². The van der Waals surface area contributed by atoms with E-state index in [0.29, 0.717) is 12.7 Å². The zero-order valence-corrected chi connectivity index (χ0v) is 6.76. The van der Waals surface area contributed by atoms with Crippen LogP contribution in [0, 0.1) is 0 Å². The van der Waals surface area contributed by atoms with Crippen LogP contribution in [0.2, 0.25) is 0 Å². The first-order chi connectivity index (χ1) is 4.62. The van der Waals surface area contributed by atoms with Crippen LogP contribution < -0.4 is 0 Å². The Kier molecular flexibility index (Phi) is 4.28. The minimum atomic E-state index is -1.09. The second-order valence-electron chi connectivity index (χ2n) is 2.93. The van der Waals surface area contributed by atoms with E-state index in [1.165, 1.54) is 0 Å². The van der Waals surface area contributed by atoms with E-state index in [1.54, 1.807) is 6.92 Å². The van der Waals surface area contributed by atoms with Gasteiger partial charge in [0.15, 0.2) is 6.29 Å². The highest BCUT2D eigenvalue weighted by Crippen LogP contribution is 2.10. The molecule has 0 fully saturated rings. The predicted octanol–water partition coefficient (Wildman–Crippen LogP) is 1.52. The molecule has 0 unspecified atom stereocenters. The first-order valence-electron chi connectivity index (χ1n) is 3.81. The van der Waals surface area contributed by atoms with Crippen LogP contribution in [0.15, 0.2) is 0 Å². The summed E-state index contributed by atoms with van der Waals surface area (Å²) in [7, 11) is 0. The summed E-state index contributed by atoms with van der Waals surface area (Å²) in [6, 6.07) is 0. The van der Waals surface area contributed by atoms with E-state index in [2.05, 4.69) is 6.92 Å². The Morgan fingerprint density at radius 1 is 1.50 bits per heavy atom. The van der Waals surface area contributed by atoms with Gasteiger partial charge in [-0.05, 0) is 13.3 Å². The Morgan fingerprint density at radius 3 is 2.50 bits per heavy atom. The van der Waals surface area contributed by atoms with Gasteiger partial charge in [0.25, 0.3) is 0 Å². The van der Waals surface area contributed by atoms with E-state index in [1.807, 2.05) is 0 Å². The average molecular weight is 144 g/mol. The second-order valence-corrected chi connectivity index (χ2v) is 2.93. The molecule has 0 aliphatic heterocycles. The summed E-state index contributed by atoms with van der Waals surface area (Å²) < 4.78 is 0. The van der Waals surface area contributed by atoms with Gasteiger partial charge in [0, 0.05) is 0 Å². The molecule has 0 aromatic heterocycles. The summed E-state index contributed by atoms with van der Waals surface area (Å²) in [5.41, 5.74) is -1.09. The zero-order valence-electron chi connectivity index (χ0n) is 6.76. The smallest absolute Gasteiger partial charge is 0.151 e. The SMILES string of the molecule is CCCCC[C@@](C)(O)C=O. The largest absolute Gasteiger partial charge is 0.383 e. The molecule has 0 aromatic rings. The maximum absolute atomic E-state index is 10.2. The summed E-state index contributed by atoms with van der Waals surface area (Å²) in [5, 5.41) is 9.18. The topological polar surface area (TPSA) is 37.3 Å². The molecular weight excluding hydrogens is 128 g/mol. The molecule has 0 aromatic carbocycles. The summed E-state index contributed by atoms with van der Waals surface area (Å²) in [6.07, 6.45) is 4.34. The van der Waals surface area contributed by atoms with E-state index in [4.69, 9.17) is 0 Å². The number of aldehydes is 1. The molecule has 2 nitrogen and oxygen atoms in total. The Bertz CT molecular complexity index is 97.4. The van der Waals surface area contributed by atoms with Crippen LogP contribution in [0.5, 0.6) is 0 Å². The van der Waals surface area contributed by atoms with Crippen LogP contribution >= 0.6 is 0 Å². The maximum Gasteiger partial charge on any atom is 0.151 e. The molecule has 2 heteroatoms. The van der Waals surface area contributed by atoms with Crippen molar-refractivity contribution < 1.29 is 9.90 Å². The predicted molar refractivity (Wildman–Crippen MR) is 40.8 cm³/mol. The van der Waals surface area contributed by atoms with Gasteiger partial charge in [0.2, 0.25) is 0 Å². The van der Waals surface area contributed by atoms with Gasteiger partial charge in [0.1, 0.15) is 5.60 Å². The molecule has 0 spiro atoms. The monoisotopic (exact) mass is 144 g/mol. The first-order valence-corrected chi connectivity index (χ1v) is 3.81. The molecule has 60 valence electrons. The third-order valence-corrected chi connectivity index (χ3v) is 1.54. The molecule has 0 radical (unpaired) electrons. The molecule has 0 saturated heterocycles. The number of carbonyl (C=O) groups is 1. The van der Waals surface area contributed by atoms with Crippen molar-refractivity contribution in [1.82, 2.24) is 0 Å². The Hall–Kier alpha value is -0.370. The molecule has 1 atom stereocenters.